The van der Waals surface area contributed by atoms with Gasteiger partial charge in [0.25, 0.3) is 0 Å². The summed E-state index contributed by atoms with van der Waals surface area (Å²) in [6, 6.07) is 5.99. The van der Waals surface area contributed by atoms with E-state index in [-0.39, 0.29) is 5.95 Å². The first-order valence-electron chi connectivity index (χ1n) is 4.88. The summed E-state index contributed by atoms with van der Waals surface area (Å²) in [4.78, 5) is 7.92. The smallest absolute Gasteiger partial charge is 0.222 e. The van der Waals surface area contributed by atoms with Crippen molar-refractivity contribution in [3.63, 3.8) is 0 Å². The highest BCUT2D eigenvalue weighted by Crippen LogP contribution is 2.25. The molecule has 0 bridgehead atoms. The van der Waals surface area contributed by atoms with Gasteiger partial charge >= 0.3 is 0 Å². The number of hydrogen-bond acceptors (Lipinski definition) is 4. The highest BCUT2D eigenvalue weighted by atomic mass is 35.5. The molecule has 0 unspecified atom stereocenters. The van der Waals surface area contributed by atoms with Crippen LogP contribution < -0.4 is 11.1 Å². The van der Waals surface area contributed by atoms with E-state index in [9.17, 15) is 4.39 Å². The second kappa shape index (κ2) is 4.55. The fourth-order valence-corrected chi connectivity index (χ4v) is 1.59. The number of aromatic nitrogens is 2. The molecule has 6 heteroatoms. The zero-order valence-corrected chi connectivity index (χ0v) is 9.79. The summed E-state index contributed by atoms with van der Waals surface area (Å²) in [7, 11) is 1.70. The number of anilines is 2. The van der Waals surface area contributed by atoms with Crippen LogP contribution in [0, 0.1) is 5.82 Å². The lowest BCUT2D eigenvalue weighted by Crippen LogP contribution is -2.01. The Labute approximate surface area is 103 Å². The molecule has 0 aliphatic carbocycles. The number of nitrogens with zero attached hydrogens (tertiary/aromatic N) is 2. The Morgan fingerprint density at radius 1 is 1.29 bits per heavy atom. The van der Waals surface area contributed by atoms with Gasteiger partial charge < -0.3 is 11.1 Å². The third kappa shape index (κ3) is 2.45. The highest BCUT2D eigenvalue weighted by Gasteiger charge is 2.09. The minimum absolute atomic E-state index is 0.0844. The first kappa shape index (κ1) is 11.6. The van der Waals surface area contributed by atoms with Crippen LogP contribution in [0.3, 0.4) is 0 Å². The van der Waals surface area contributed by atoms with Crippen LogP contribution in [0.1, 0.15) is 0 Å². The molecule has 0 aliphatic rings. The Kier molecular flexibility index (Phi) is 3.10. The summed E-state index contributed by atoms with van der Waals surface area (Å²) in [6.45, 7) is 0. The number of rotatable bonds is 2. The molecule has 0 aliphatic heterocycles. The highest BCUT2D eigenvalue weighted by molar-refractivity contribution is 6.30. The quantitative estimate of drug-likeness (QED) is 0.862. The van der Waals surface area contributed by atoms with E-state index >= 15 is 0 Å². The number of benzene rings is 1. The van der Waals surface area contributed by atoms with Gasteiger partial charge in [-0.1, -0.05) is 11.6 Å². The Balaban J connectivity index is 2.55. The monoisotopic (exact) mass is 252 g/mol. The van der Waals surface area contributed by atoms with Crippen LogP contribution in [0.25, 0.3) is 11.3 Å². The predicted molar refractivity (Wildman–Crippen MR) is 66.4 cm³/mol. The average Bonchev–Trinajstić information content (AvgIpc) is 2.28. The predicted octanol–water partition coefficient (Wildman–Crippen LogP) is 2.56. The number of halogens is 2. The molecule has 1 aromatic heterocycles. The van der Waals surface area contributed by atoms with Gasteiger partial charge in [0.2, 0.25) is 5.95 Å². The van der Waals surface area contributed by atoms with Gasteiger partial charge in [-0.2, -0.15) is 4.98 Å². The van der Waals surface area contributed by atoms with Crippen molar-refractivity contribution in [1.82, 2.24) is 9.97 Å². The van der Waals surface area contributed by atoms with Crippen molar-refractivity contribution < 1.29 is 4.39 Å². The van der Waals surface area contributed by atoms with Crippen LogP contribution in [-0.4, -0.2) is 17.0 Å². The van der Waals surface area contributed by atoms with E-state index in [1.807, 2.05) is 0 Å². The molecule has 1 aromatic carbocycles. The van der Waals surface area contributed by atoms with Crippen LogP contribution in [0.4, 0.5) is 16.2 Å². The molecule has 3 N–H and O–H groups in total. The largest absolute Gasteiger partial charge is 0.373 e. The zero-order valence-electron chi connectivity index (χ0n) is 9.04. The molecular formula is C11H10ClFN4. The maximum Gasteiger partial charge on any atom is 0.222 e. The average molecular weight is 253 g/mol. The van der Waals surface area contributed by atoms with Crippen molar-refractivity contribution in [1.29, 1.82) is 0 Å². The van der Waals surface area contributed by atoms with Gasteiger partial charge in [0.05, 0.1) is 5.69 Å². The number of nitrogens with one attached hydrogen (secondary N) is 1. The molecule has 0 saturated heterocycles. The third-order valence-electron chi connectivity index (χ3n) is 2.21. The van der Waals surface area contributed by atoms with E-state index in [4.69, 9.17) is 17.3 Å². The maximum atomic E-state index is 13.7. The Bertz CT molecular complexity index is 559. The number of nitrogen functional groups attached to an aromatic ring is 1. The zero-order chi connectivity index (χ0) is 12.4. The van der Waals surface area contributed by atoms with Gasteiger partial charge in [0.15, 0.2) is 0 Å². The molecule has 0 amide bonds. The second-order valence-electron chi connectivity index (χ2n) is 3.37. The van der Waals surface area contributed by atoms with Crippen LogP contribution in [0.2, 0.25) is 5.02 Å². The van der Waals surface area contributed by atoms with E-state index < -0.39 is 5.82 Å². The molecule has 1 heterocycles. The molecule has 2 rings (SSSR count). The Hall–Kier alpha value is -1.88. The van der Waals surface area contributed by atoms with Gasteiger partial charge in [0.1, 0.15) is 11.6 Å². The fraction of sp³-hybridized carbons (Fsp3) is 0.0909. The van der Waals surface area contributed by atoms with E-state index in [0.29, 0.717) is 22.1 Å². The molecule has 0 fully saturated rings. The van der Waals surface area contributed by atoms with Crippen molar-refractivity contribution in [2.45, 2.75) is 0 Å². The van der Waals surface area contributed by atoms with Gasteiger partial charge in [-0.3, -0.25) is 0 Å². The fourth-order valence-electron chi connectivity index (χ4n) is 1.43. The van der Waals surface area contributed by atoms with Gasteiger partial charge in [-0.15, -0.1) is 0 Å². The Morgan fingerprint density at radius 2 is 2.06 bits per heavy atom. The van der Waals surface area contributed by atoms with Gasteiger partial charge in [-0.25, -0.2) is 9.37 Å². The minimum atomic E-state index is -0.447. The van der Waals surface area contributed by atoms with Gasteiger partial charge in [0, 0.05) is 23.7 Å². The topological polar surface area (TPSA) is 63.8 Å². The van der Waals surface area contributed by atoms with Crippen LogP contribution >= 0.6 is 11.6 Å². The summed E-state index contributed by atoms with van der Waals surface area (Å²) in [5, 5.41) is 3.16. The maximum absolute atomic E-state index is 13.7. The summed E-state index contributed by atoms with van der Waals surface area (Å²) in [5.74, 6) is 0.167. The standard InChI is InChI=1S/C11H10ClFN4/c1-15-10-5-9(16-11(14)17-10)7-3-2-6(12)4-8(7)13/h2-5H,1H3,(H3,14,15,16,17). The number of nitrogens with two attached hydrogens (primary N) is 1. The number of hydrogen-bond donors (Lipinski definition) is 2. The van der Waals surface area contributed by atoms with Crippen molar-refractivity contribution in [3.8, 4) is 11.3 Å². The summed E-state index contributed by atoms with van der Waals surface area (Å²) in [6.07, 6.45) is 0. The molecule has 2 aromatic rings. The van der Waals surface area contributed by atoms with E-state index in [1.165, 1.54) is 6.07 Å². The van der Waals surface area contributed by atoms with Crippen LogP contribution in [0.5, 0.6) is 0 Å². The van der Waals surface area contributed by atoms with Crippen molar-refractivity contribution >= 4 is 23.4 Å². The first-order chi connectivity index (χ1) is 8.10. The molecule has 88 valence electrons. The molecule has 0 atom stereocenters. The molecule has 0 spiro atoms. The SMILES string of the molecule is CNc1cc(-c2ccc(Cl)cc2F)nc(N)n1. The molecule has 0 saturated carbocycles. The van der Waals surface area contributed by atoms with Gasteiger partial charge in [-0.05, 0) is 18.2 Å². The van der Waals surface area contributed by atoms with Crippen molar-refractivity contribution in [3.05, 3.63) is 35.1 Å². The molecular weight excluding hydrogens is 243 g/mol. The minimum Gasteiger partial charge on any atom is -0.373 e. The summed E-state index contributed by atoms with van der Waals surface area (Å²) in [5.41, 5.74) is 6.29. The normalized spacial score (nSPS) is 10.3. The lowest BCUT2D eigenvalue weighted by Gasteiger charge is -2.06. The van der Waals surface area contributed by atoms with Crippen LogP contribution in [-0.2, 0) is 0 Å². The lowest BCUT2D eigenvalue weighted by molar-refractivity contribution is 0.631. The third-order valence-corrected chi connectivity index (χ3v) is 2.44. The molecule has 17 heavy (non-hydrogen) atoms. The summed E-state index contributed by atoms with van der Waals surface area (Å²) < 4.78 is 13.7. The summed E-state index contributed by atoms with van der Waals surface area (Å²) >= 11 is 5.68. The van der Waals surface area contributed by atoms with Crippen molar-refractivity contribution in [2.75, 3.05) is 18.1 Å². The van der Waals surface area contributed by atoms with Crippen molar-refractivity contribution in [2.24, 2.45) is 0 Å². The van der Waals surface area contributed by atoms with E-state index in [2.05, 4.69) is 15.3 Å². The van der Waals surface area contributed by atoms with Crippen LogP contribution in [0.15, 0.2) is 24.3 Å². The Morgan fingerprint density at radius 3 is 2.71 bits per heavy atom. The second-order valence-corrected chi connectivity index (χ2v) is 3.81. The molecule has 0 radical (unpaired) electrons. The molecule has 4 nitrogen and oxygen atoms in total. The van der Waals surface area contributed by atoms with E-state index in [0.717, 1.165) is 0 Å². The lowest BCUT2D eigenvalue weighted by atomic mass is 10.1. The van der Waals surface area contributed by atoms with E-state index in [1.54, 1.807) is 25.2 Å². The first-order valence-corrected chi connectivity index (χ1v) is 5.25.